The lowest BCUT2D eigenvalue weighted by atomic mass is 10.1. The van der Waals surface area contributed by atoms with Crippen molar-refractivity contribution < 1.29 is 31.5 Å². The van der Waals surface area contributed by atoms with Crippen LogP contribution >= 0.6 is 0 Å². The van der Waals surface area contributed by atoms with Crippen LogP contribution in [0.1, 0.15) is 16.1 Å². The molecule has 0 atom stereocenters. The topological polar surface area (TPSA) is 109 Å². The standard InChI is InChI=1S/C23H18F5N7O2/c1-35-11-14(20(34-35)23(26,27)28)21(36)31-22(29-17-6-4-3-5-15(17)24)30-19-10-18(32-33-19)13-8-7-12(37-2)9-16(13)25/h3-11H,1-2H3,(H3,29,30,31,32,33,36). The van der Waals surface area contributed by atoms with E-state index >= 15 is 0 Å². The molecule has 0 unspecified atom stereocenters. The van der Waals surface area contributed by atoms with Gasteiger partial charge in [0, 0.05) is 30.9 Å². The lowest BCUT2D eigenvalue weighted by molar-refractivity contribution is -0.141. The van der Waals surface area contributed by atoms with E-state index in [1.165, 1.54) is 50.6 Å². The van der Waals surface area contributed by atoms with E-state index in [1.54, 1.807) is 0 Å². The number of guanidine groups is 1. The Bertz CT molecular complexity index is 1480. The number of ether oxygens (including phenoxy) is 1. The molecule has 0 saturated carbocycles. The third-order valence-electron chi connectivity index (χ3n) is 4.95. The second-order valence-corrected chi connectivity index (χ2v) is 7.57. The van der Waals surface area contributed by atoms with E-state index in [9.17, 15) is 26.7 Å². The first-order valence-electron chi connectivity index (χ1n) is 10.5. The number of para-hydroxylation sites is 1. The lowest BCUT2D eigenvalue weighted by Gasteiger charge is -2.11. The van der Waals surface area contributed by atoms with Crippen LogP contribution in [-0.2, 0) is 13.2 Å². The molecule has 0 fully saturated rings. The summed E-state index contributed by atoms with van der Waals surface area (Å²) in [5, 5.41) is 15.0. The van der Waals surface area contributed by atoms with Crippen molar-refractivity contribution in [3.63, 3.8) is 0 Å². The van der Waals surface area contributed by atoms with Gasteiger partial charge in [0.25, 0.3) is 5.91 Å². The largest absolute Gasteiger partial charge is 0.497 e. The molecule has 2 heterocycles. The summed E-state index contributed by atoms with van der Waals surface area (Å²) in [5.74, 6) is -2.70. The maximum atomic E-state index is 14.4. The lowest BCUT2D eigenvalue weighted by Crippen LogP contribution is -2.25. The first kappa shape index (κ1) is 25.3. The molecule has 0 aliphatic rings. The van der Waals surface area contributed by atoms with Gasteiger partial charge in [0.2, 0.25) is 5.96 Å². The number of nitrogens with zero attached hydrogens (tertiary/aromatic N) is 4. The minimum absolute atomic E-state index is 0.0721. The summed E-state index contributed by atoms with van der Waals surface area (Å²) in [4.78, 5) is 16.4. The minimum atomic E-state index is -4.91. The van der Waals surface area contributed by atoms with Crippen LogP contribution in [0.15, 0.2) is 59.7 Å². The first-order valence-corrected chi connectivity index (χ1v) is 10.5. The van der Waals surface area contributed by atoms with Crippen molar-refractivity contribution in [3.05, 3.63) is 77.6 Å². The van der Waals surface area contributed by atoms with Crippen LogP contribution < -0.4 is 15.4 Å². The van der Waals surface area contributed by atoms with Gasteiger partial charge in [0.05, 0.1) is 24.1 Å². The summed E-state index contributed by atoms with van der Waals surface area (Å²) in [7, 11) is 2.61. The van der Waals surface area contributed by atoms with Gasteiger partial charge < -0.3 is 15.4 Å². The van der Waals surface area contributed by atoms with Crippen LogP contribution in [0.2, 0.25) is 0 Å². The number of hydrogen-bond acceptors (Lipinski definition) is 4. The van der Waals surface area contributed by atoms with Gasteiger partial charge in [-0.1, -0.05) is 12.1 Å². The Morgan fingerprint density at radius 2 is 1.84 bits per heavy atom. The maximum absolute atomic E-state index is 14.4. The van der Waals surface area contributed by atoms with Crippen molar-refractivity contribution in [3.8, 4) is 17.0 Å². The number of aromatic nitrogens is 4. The van der Waals surface area contributed by atoms with Crippen LogP contribution in [0.25, 0.3) is 11.3 Å². The predicted molar refractivity (Wildman–Crippen MR) is 124 cm³/mol. The molecule has 4 aromatic rings. The van der Waals surface area contributed by atoms with Gasteiger partial charge in [-0.05, 0) is 24.3 Å². The van der Waals surface area contributed by atoms with Crippen molar-refractivity contribution in [1.29, 1.82) is 0 Å². The van der Waals surface area contributed by atoms with E-state index in [-0.39, 0.29) is 22.8 Å². The predicted octanol–water partition coefficient (Wildman–Crippen LogP) is 4.84. The van der Waals surface area contributed by atoms with Crippen molar-refractivity contribution in [2.75, 3.05) is 17.7 Å². The quantitative estimate of drug-likeness (QED) is 0.198. The third kappa shape index (κ3) is 5.74. The van der Waals surface area contributed by atoms with Gasteiger partial charge in [0.1, 0.15) is 23.2 Å². The monoisotopic (exact) mass is 519 g/mol. The average Bonchev–Trinajstić information content (AvgIpc) is 3.47. The fourth-order valence-corrected chi connectivity index (χ4v) is 3.28. The summed E-state index contributed by atoms with van der Waals surface area (Å²) in [5.41, 5.74) is -2.08. The number of halogens is 5. The molecule has 0 aliphatic heterocycles. The van der Waals surface area contributed by atoms with E-state index in [0.717, 1.165) is 23.0 Å². The average molecular weight is 519 g/mol. The van der Waals surface area contributed by atoms with Crippen LogP contribution in [0.3, 0.4) is 0 Å². The number of carbonyl (C=O) groups is 1. The number of H-pyrrole nitrogens is 1. The number of nitrogens with one attached hydrogen (secondary N) is 3. The normalized spacial score (nSPS) is 11.9. The molecule has 3 N–H and O–H groups in total. The highest BCUT2D eigenvalue weighted by Gasteiger charge is 2.39. The van der Waals surface area contributed by atoms with Crippen LogP contribution in [0, 0.1) is 11.6 Å². The number of aryl methyl sites for hydroxylation is 1. The number of benzene rings is 2. The van der Waals surface area contributed by atoms with Crippen LogP contribution in [0.5, 0.6) is 5.75 Å². The van der Waals surface area contributed by atoms with Gasteiger partial charge in [-0.2, -0.15) is 28.4 Å². The SMILES string of the molecule is COc1ccc(-c2cc(N/C(=N/C(=O)c3cn(C)nc3C(F)(F)F)Nc3ccccc3F)[nH]n2)c(F)c1. The molecule has 0 radical (unpaired) electrons. The zero-order chi connectivity index (χ0) is 26.7. The fraction of sp³-hybridized carbons (Fsp3) is 0.130. The summed E-state index contributed by atoms with van der Waals surface area (Å²) in [6.07, 6.45) is -4.04. The van der Waals surface area contributed by atoms with Gasteiger partial charge in [0.15, 0.2) is 5.69 Å². The fourth-order valence-electron chi connectivity index (χ4n) is 3.28. The Hall–Kier alpha value is -4.75. The molecule has 0 aliphatic carbocycles. The van der Waals surface area contributed by atoms with Gasteiger partial charge in [-0.15, -0.1) is 0 Å². The molecule has 1 amide bonds. The second kappa shape index (κ2) is 10.1. The molecule has 0 spiro atoms. The second-order valence-electron chi connectivity index (χ2n) is 7.57. The van der Waals surface area contributed by atoms with Crippen molar-refractivity contribution in [2.45, 2.75) is 6.18 Å². The Morgan fingerprint density at radius 1 is 1.08 bits per heavy atom. The molecule has 2 aromatic heterocycles. The number of hydrogen-bond donors (Lipinski definition) is 3. The summed E-state index contributed by atoms with van der Waals surface area (Å²) in [6.45, 7) is 0. The zero-order valence-corrected chi connectivity index (χ0v) is 19.2. The molecule has 2 aromatic carbocycles. The summed E-state index contributed by atoms with van der Waals surface area (Å²) >= 11 is 0. The van der Waals surface area contributed by atoms with Gasteiger partial charge in [-0.25, -0.2) is 8.78 Å². The highest BCUT2D eigenvalue weighted by Crippen LogP contribution is 2.31. The van der Waals surface area contributed by atoms with E-state index in [4.69, 9.17) is 4.74 Å². The third-order valence-corrected chi connectivity index (χ3v) is 4.95. The first-order chi connectivity index (χ1) is 17.5. The highest BCUT2D eigenvalue weighted by atomic mass is 19.4. The van der Waals surface area contributed by atoms with Gasteiger partial charge >= 0.3 is 6.18 Å². The Labute approximate surface area is 206 Å². The molecule has 14 heteroatoms. The molecule has 37 heavy (non-hydrogen) atoms. The Morgan fingerprint density at radius 3 is 2.51 bits per heavy atom. The number of amides is 1. The number of alkyl halides is 3. The van der Waals surface area contributed by atoms with E-state index in [1.807, 2.05) is 0 Å². The molecule has 0 bridgehead atoms. The van der Waals surface area contributed by atoms with Crippen LogP contribution in [-0.4, -0.2) is 39.0 Å². The molecule has 9 nitrogen and oxygen atoms in total. The van der Waals surface area contributed by atoms with Crippen molar-refractivity contribution >= 4 is 23.4 Å². The van der Waals surface area contributed by atoms with E-state index < -0.39 is 40.9 Å². The summed E-state index contributed by atoms with van der Waals surface area (Å²) < 4.78 is 74.5. The van der Waals surface area contributed by atoms with E-state index in [0.29, 0.717) is 5.75 Å². The Balaban J connectivity index is 1.68. The summed E-state index contributed by atoms with van der Waals surface area (Å²) in [6, 6.07) is 10.9. The number of aromatic amines is 1. The maximum Gasteiger partial charge on any atom is 0.435 e. The van der Waals surface area contributed by atoms with Crippen molar-refractivity contribution in [2.24, 2.45) is 12.0 Å². The van der Waals surface area contributed by atoms with Gasteiger partial charge in [-0.3, -0.25) is 14.6 Å². The molecule has 4 rings (SSSR count). The number of anilines is 2. The number of carbonyl (C=O) groups excluding carboxylic acids is 1. The number of rotatable bonds is 5. The molecular weight excluding hydrogens is 501 g/mol. The number of aliphatic imine (C=N–C) groups is 1. The van der Waals surface area contributed by atoms with Crippen LogP contribution in [0.4, 0.5) is 33.5 Å². The molecule has 0 saturated heterocycles. The smallest absolute Gasteiger partial charge is 0.435 e. The molecular formula is C23H18F5N7O2. The molecule has 192 valence electrons. The zero-order valence-electron chi connectivity index (χ0n) is 19.2. The Kier molecular flexibility index (Phi) is 6.91. The van der Waals surface area contributed by atoms with Crippen molar-refractivity contribution in [1.82, 2.24) is 20.0 Å². The van der Waals surface area contributed by atoms with E-state index in [2.05, 4.69) is 30.9 Å². The minimum Gasteiger partial charge on any atom is -0.497 e. The number of methoxy groups -OCH3 is 1. The highest BCUT2D eigenvalue weighted by molar-refractivity contribution is 6.12.